The van der Waals surface area contributed by atoms with Crippen molar-refractivity contribution in [3.63, 3.8) is 0 Å². The van der Waals surface area contributed by atoms with E-state index in [2.05, 4.69) is 10.2 Å². The average Bonchev–Trinajstić information content (AvgIpc) is 2.88. The third kappa shape index (κ3) is 1.93. The Bertz CT molecular complexity index is 482. The Kier molecular flexibility index (Phi) is 2.87. The van der Waals surface area contributed by atoms with E-state index in [0.29, 0.717) is 22.5 Å². The van der Waals surface area contributed by atoms with Crippen LogP contribution in [-0.4, -0.2) is 31.1 Å². The lowest BCUT2D eigenvalue weighted by atomic mass is 10.0. The van der Waals surface area contributed by atoms with E-state index >= 15 is 0 Å². The SMILES string of the molecule is O=[N+]([O-])c1ccc(Cl)cc1N1C[C@H]2CNC[C@H]2C1. The maximum Gasteiger partial charge on any atom is 0.292 e. The zero-order valence-corrected chi connectivity index (χ0v) is 10.6. The molecular formula is C12H14ClN3O2. The van der Waals surface area contributed by atoms with Crippen LogP contribution in [-0.2, 0) is 0 Å². The number of benzene rings is 1. The fourth-order valence-electron chi connectivity index (χ4n) is 2.96. The van der Waals surface area contributed by atoms with Gasteiger partial charge in [-0.25, -0.2) is 0 Å². The fourth-order valence-corrected chi connectivity index (χ4v) is 3.12. The second-order valence-electron chi connectivity index (χ2n) is 4.97. The van der Waals surface area contributed by atoms with Crippen molar-refractivity contribution in [3.05, 3.63) is 33.3 Å². The predicted octanol–water partition coefficient (Wildman–Crippen LogP) is 1.90. The van der Waals surface area contributed by atoms with Crippen molar-refractivity contribution >= 4 is 23.0 Å². The zero-order chi connectivity index (χ0) is 12.7. The molecule has 0 radical (unpaired) electrons. The predicted molar refractivity (Wildman–Crippen MR) is 70.2 cm³/mol. The van der Waals surface area contributed by atoms with E-state index in [1.807, 2.05) is 0 Å². The van der Waals surface area contributed by atoms with Gasteiger partial charge in [-0.05, 0) is 24.0 Å². The van der Waals surface area contributed by atoms with Crippen LogP contribution in [0.3, 0.4) is 0 Å². The van der Waals surface area contributed by atoms with E-state index in [4.69, 9.17) is 11.6 Å². The highest BCUT2D eigenvalue weighted by Gasteiger charge is 2.38. The first kappa shape index (κ1) is 11.7. The summed E-state index contributed by atoms with van der Waals surface area (Å²) in [5.41, 5.74) is 0.800. The van der Waals surface area contributed by atoms with Crippen molar-refractivity contribution in [1.82, 2.24) is 5.32 Å². The number of nitrogens with zero attached hydrogens (tertiary/aromatic N) is 2. The summed E-state index contributed by atoms with van der Waals surface area (Å²) in [6.07, 6.45) is 0. The maximum atomic E-state index is 11.1. The van der Waals surface area contributed by atoms with E-state index in [0.717, 1.165) is 26.2 Å². The molecule has 0 bridgehead atoms. The van der Waals surface area contributed by atoms with Gasteiger partial charge in [-0.1, -0.05) is 11.6 Å². The van der Waals surface area contributed by atoms with Crippen LogP contribution in [0.25, 0.3) is 0 Å². The van der Waals surface area contributed by atoms with Crippen LogP contribution in [0.15, 0.2) is 18.2 Å². The van der Waals surface area contributed by atoms with Gasteiger partial charge in [-0.2, -0.15) is 0 Å². The van der Waals surface area contributed by atoms with Gasteiger partial charge in [0.05, 0.1) is 4.92 Å². The minimum absolute atomic E-state index is 0.146. The van der Waals surface area contributed by atoms with Crippen LogP contribution in [0.4, 0.5) is 11.4 Å². The summed E-state index contributed by atoms with van der Waals surface area (Å²) in [6.45, 7) is 3.77. The Morgan fingerprint density at radius 2 is 2.00 bits per heavy atom. The second-order valence-corrected chi connectivity index (χ2v) is 5.41. The molecule has 2 aliphatic rings. The van der Waals surface area contributed by atoms with Gasteiger partial charge in [0, 0.05) is 37.3 Å². The van der Waals surface area contributed by atoms with Gasteiger partial charge in [0.25, 0.3) is 5.69 Å². The standard InChI is InChI=1S/C12H14ClN3O2/c13-10-1-2-11(16(17)18)12(3-10)15-6-8-4-14-5-9(8)7-15/h1-3,8-9,14H,4-7H2/t8-,9+. The van der Waals surface area contributed by atoms with Crippen molar-refractivity contribution in [2.75, 3.05) is 31.1 Å². The summed E-state index contributed by atoms with van der Waals surface area (Å²) in [5, 5.41) is 15.0. The number of nitro benzene ring substituents is 1. The summed E-state index contributed by atoms with van der Waals surface area (Å²) >= 11 is 5.96. The van der Waals surface area contributed by atoms with Crippen LogP contribution in [0.1, 0.15) is 0 Å². The monoisotopic (exact) mass is 267 g/mol. The van der Waals surface area contributed by atoms with Gasteiger partial charge < -0.3 is 10.2 Å². The largest absolute Gasteiger partial charge is 0.365 e. The molecule has 18 heavy (non-hydrogen) atoms. The Morgan fingerprint density at radius 1 is 1.33 bits per heavy atom. The molecule has 2 fully saturated rings. The topological polar surface area (TPSA) is 58.4 Å². The molecule has 6 heteroatoms. The number of nitro groups is 1. The van der Waals surface area contributed by atoms with Crippen LogP contribution < -0.4 is 10.2 Å². The third-order valence-electron chi connectivity index (χ3n) is 3.86. The lowest BCUT2D eigenvalue weighted by Gasteiger charge is -2.19. The Labute approximate surface area is 110 Å². The number of nitrogens with one attached hydrogen (secondary N) is 1. The third-order valence-corrected chi connectivity index (χ3v) is 4.10. The molecule has 0 saturated carbocycles. The molecule has 0 aromatic heterocycles. The molecule has 2 aliphatic heterocycles. The number of anilines is 1. The van der Waals surface area contributed by atoms with E-state index in [1.54, 1.807) is 12.1 Å². The molecule has 96 valence electrons. The molecule has 0 aliphatic carbocycles. The highest BCUT2D eigenvalue weighted by atomic mass is 35.5. The number of fused-ring (bicyclic) bond motifs is 1. The van der Waals surface area contributed by atoms with E-state index < -0.39 is 0 Å². The van der Waals surface area contributed by atoms with Gasteiger partial charge in [0.15, 0.2) is 0 Å². The molecule has 0 unspecified atom stereocenters. The summed E-state index contributed by atoms with van der Waals surface area (Å²) < 4.78 is 0. The summed E-state index contributed by atoms with van der Waals surface area (Å²) in [4.78, 5) is 12.8. The van der Waals surface area contributed by atoms with Crippen molar-refractivity contribution < 1.29 is 4.92 Å². The zero-order valence-electron chi connectivity index (χ0n) is 9.80. The number of hydrogen-bond donors (Lipinski definition) is 1. The summed E-state index contributed by atoms with van der Waals surface area (Å²) in [5.74, 6) is 1.20. The van der Waals surface area contributed by atoms with Crippen molar-refractivity contribution in [2.24, 2.45) is 11.8 Å². The molecule has 2 heterocycles. The fraction of sp³-hybridized carbons (Fsp3) is 0.500. The van der Waals surface area contributed by atoms with Crippen LogP contribution >= 0.6 is 11.6 Å². The van der Waals surface area contributed by atoms with Crippen LogP contribution in [0.5, 0.6) is 0 Å². The normalized spacial score (nSPS) is 26.4. The van der Waals surface area contributed by atoms with Gasteiger partial charge >= 0.3 is 0 Å². The van der Waals surface area contributed by atoms with E-state index in [9.17, 15) is 10.1 Å². The molecule has 2 atom stereocenters. The second kappa shape index (κ2) is 4.40. The lowest BCUT2D eigenvalue weighted by molar-refractivity contribution is -0.384. The van der Waals surface area contributed by atoms with Crippen LogP contribution in [0.2, 0.25) is 5.02 Å². The highest BCUT2D eigenvalue weighted by Crippen LogP contribution is 2.37. The molecule has 2 saturated heterocycles. The number of hydrogen-bond acceptors (Lipinski definition) is 4. The first-order chi connectivity index (χ1) is 8.65. The lowest BCUT2D eigenvalue weighted by Crippen LogP contribution is -2.26. The summed E-state index contributed by atoms with van der Waals surface area (Å²) in [6, 6.07) is 4.76. The molecule has 0 spiro atoms. The number of rotatable bonds is 2. The quantitative estimate of drug-likeness (QED) is 0.657. The first-order valence-electron chi connectivity index (χ1n) is 6.05. The first-order valence-corrected chi connectivity index (χ1v) is 6.42. The molecule has 5 nitrogen and oxygen atoms in total. The van der Waals surface area contributed by atoms with Gasteiger partial charge in [-0.3, -0.25) is 10.1 Å². The molecule has 1 aromatic carbocycles. The van der Waals surface area contributed by atoms with Gasteiger partial charge in [0.1, 0.15) is 5.69 Å². The Balaban J connectivity index is 1.92. The Morgan fingerprint density at radius 3 is 2.61 bits per heavy atom. The minimum atomic E-state index is -0.335. The van der Waals surface area contributed by atoms with E-state index in [1.165, 1.54) is 6.07 Å². The molecule has 1 aromatic rings. The van der Waals surface area contributed by atoms with Crippen LogP contribution in [0, 0.1) is 22.0 Å². The van der Waals surface area contributed by atoms with E-state index in [-0.39, 0.29) is 10.6 Å². The van der Waals surface area contributed by atoms with Crippen molar-refractivity contribution in [3.8, 4) is 0 Å². The molecule has 3 rings (SSSR count). The minimum Gasteiger partial charge on any atom is -0.365 e. The van der Waals surface area contributed by atoms with Crippen molar-refractivity contribution in [1.29, 1.82) is 0 Å². The maximum absolute atomic E-state index is 11.1. The number of halogens is 1. The Hall–Kier alpha value is -1.33. The van der Waals surface area contributed by atoms with Gasteiger partial charge in [-0.15, -0.1) is 0 Å². The molecule has 0 amide bonds. The van der Waals surface area contributed by atoms with Gasteiger partial charge in [0.2, 0.25) is 0 Å². The molecular weight excluding hydrogens is 254 g/mol. The average molecular weight is 268 g/mol. The van der Waals surface area contributed by atoms with Crippen molar-refractivity contribution in [2.45, 2.75) is 0 Å². The summed E-state index contributed by atoms with van der Waals surface area (Å²) in [7, 11) is 0. The molecule has 1 N–H and O–H groups in total. The highest BCUT2D eigenvalue weighted by molar-refractivity contribution is 6.31. The smallest absolute Gasteiger partial charge is 0.292 e.